The quantitative estimate of drug-likeness (QED) is 0.604. The van der Waals surface area contributed by atoms with E-state index in [1.165, 1.54) is 0 Å². The van der Waals surface area contributed by atoms with Gasteiger partial charge in [-0.3, -0.25) is 4.79 Å². The Kier molecular flexibility index (Phi) is 3.47. The molecule has 0 bridgehead atoms. The average Bonchev–Trinajstić information content (AvgIpc) is 2.59. The Morgan fingerprint density at radius 1 is 1.29 bits per heavy atom. The van der Waals surface area contributed by atoms with Crippen LogP contribution in [0.25, 0.3) is 0 Å². The monoisotopic (exact) mass is 254 g/mol. The second kappa shape index (κ2) is 4.87. The Balaban J connectivity index is 1.87. The summed E-state index contributed by atoms with van der Waals surface area (Å²) in [5.41, 5.74) is 0. The Labute approximate surface area is 101 Å². The summed E-state index contributed by atoms with van der Waals surface area (Å²) in [7, 11) is -2.92. The molecule has 1 fully saturated rings. The van der Waals surface area contributed by atoms with Gasteiger partial charge in [-0.2, -0.15) is 0 Å². The highest BCUT2D eigenvalue weighted by Crippen LogP contribution is 2.22. The summed E-state index contributed by atoms with van der Waals surface area (Å²) < 4.78 is 27.6. The SMILES string of the molecule is O=C(C[C@H]1CCS(=O)(=O)C1)Oc1ccccc1. The van der Waals surface area contributed by atoms with E-state index in [-0.39, 0.29) is 29.8 Å². The van der Waals surface area contributed by atoms with Crippen molar-refractivity contribution in [2.24, 2.45) is 5.92 Å². The molecule has 0 spiro atoms. The second-order valence-electron chi connectivity index (χ2n) is 4.26. The van der Waals surface area contributed by atoms with Crippen molar-refractivity contribution < 1.29 is 17.9 Å². The number of ether oxygens (including phenoxy) is 1. The predicted molar refractivity (Wildman–Crippen MR) is 63.5 cm³/mol. The molecule has 0 aliphatic carbocycles. The van der Waals surface area contributed by atoms with E-state index in [9.17, 15) is 13.2 Å². The van der Waals surface area contributed by atoms with Gasteiger partial charge in [-0.1, -0.05) is 18.2 Å². The third kappa shape index (κ3) is 3.56. The lowest BCUT2D eigenvalue weighted by Gasteiger charge is -2.07. The van der Waals surface area contributed by atoms with Gasteiger partial charge in [0.2, 0.25) is 0 Å². The molecule has 0 radical (unpaired) electrons. The molecule has 17 heavy (non-hydrogen) atoms. The first-order valence-electron chi connectivity index (χ1n) is 5.51. The largest absolute Gasteiger partial charge is 0.427 e. The van der Waals surface area contributed by atoms with Crippen LogP contribution in [0.2, 0.25) is 0 Å². The molecule has 0 amide bonds. The van der Waals surface area contributed by atoms with Crippen molar-refractivity contribution in [2.75, 3.05) is 11.5 Å². The number of rotatable bonds is 3. The summed E-state index contributed by atoms with van der Waals surface area (Å²) in [5, 5.41) is 0. The van der Waals surface area contributed by atoms with E-state index in [2.05, 4.69) is 0 Å². The summed E-state index contributed by atoms with van der Waals surface area (Å²) in [4.78, 5) is 11.6. The summed E-state index contributed by atoms with van der Waals surface area (Å²) >= 11 is 0. The van der Waals surface area contributed by atoms with Crippen LogP contribution in [0, 0.1) is 5.92 Å². The fourth-order valence-corrected chi connectivity index (χ4v) is 3.79. The Bertz CT molecular complexity index is 492. The van der Waals surface area contributed by atoms with Crippen molar-refractivity contribution in [3.63, 3.8) is 0 Å². The molecule has 5 heteroatoms. The molecule has 0 saturated carbocycles. The number of hydrogen-bond donors (Lipinski definition) is 0. The van der Waals surface area contributed by atoms with Gasteiger partial charge in [0.1, 0.15) is 5.75 Å². The molecule has 4 nitrogen and oxygen atoms in total. The van der Waals surface area contributed by atoms with Crippen LogP contribution in [-0.2, 0) is 14.6 Å². The number of esters is 1. The zero-order valence-corrected chi connectivity index (χ0v) is 10.2. The highest BCUT2D eigenvalue weighted by Gasteiger charge is 2.29. The first-order valence-corrected chi connectivity index (χ1v) is 7.33. The van der Waals surface area contributed by atoms with E-state index in [1.54, 1.807) is 24.3 Å². The number of benzene rings is 1. The molecule has 1 saturated heterocycles. The van der Waals surface area contributed by atoms with Gasteiger partial charge in [0.25, 0.3) is 0 Å². The lowest BCUT2D eigenvalue weighted by Crippen LogP contribution is -2.15. The summed E-state index contributed by atoms with van der Waals surface area (Å²) in [6, 6.07) is 8.79. The third-order valence-electron chi connectivity index (χ3n) is 2.76. The average molecular weight is 254 g/mol. The van der Waals surface area contributed by atoms with Crippen LogP contribution in [0.5, 0.6) is 5.75 Å². The second-order valence-corrected chi connectivity index (χ2v) is 6.49. The molecule has 0 aromatic heterocycles. The Morgan fingerprint density at radius 2 is 2.00 bits per heavy atom. The minimum Gasteiger partial charge on any atom is -0.427 e. The number of hydrogen-bond acceptors (Lipinski definition) is 4. The van der Waals surface area contributed by atoms with Gasteiger partial charge in [0.05, 0.1) is 11.5 Å². The molecule has 1 aromatic carbocycles. The molecule has 2 rings (SSSR count). The zero-order chi connectivity index (χ0) is 12.3. The van der Waals surface area contributed by atoms with Crippen LogP contribution < -0.4 is 4.74 Å². The van der Waals surface area contributed by atoms with E-state index in [4.69, 9.17) is 4.74 Å². The van der Waals surface area contributed by atoms with Crippen LogP contribution in [0.3, 0.4) is 0 Å². The van der Waals surface area contributed by atoms with Crippen LogP contribution in [0.15, 0.2) is 30.3 Å². The molecule has 1 heterocycles. The van der Waals surface area contributed by atoms with Crippen LogP contribution in [-0.4, -0.2) is 25.9 Å². The lowest BCUT2D eigenvalue weighted by molar-refractivity contribution is -0.135. The lowest BCUT2D eigenvalue weighted by atomic mass is 10.1. The van der Waals surface area contributed by atoms with Crippen molar-refractivity contribution in [3.8, 4) is 5.75 Å². The third-order valence-corrected chi connectivity index (χ3v) is 4.59. The van der Waals surface area contributed by atoms with Crippen LogP contribution >= 0.6 is 0 Å². The van der Waals surface area contributed by atoms with Crippen molar-refractivity contribution in [1.82, 2.24) is 0 Å². The van der Waals surface area contributed by atoms with E-state index in [1.807, 2.05) is 6.07 Å². The predicted octanol–water partition coefficient (Wildman–Crippen LogP) is 1.42. The highest BCUT2D eigenvalue weighted by atomic mass is 32.2. The first kappa shape index (κ1) is 12.1. The number of carbonyl (C=O) groups is 1. The molecule has 0 unspecified atom stereocenters. The van der Waals surface area contributed by atoms with Gasteiger partial charge in [-0.15, -0.1) is 0 Å². The normalized spacial score (nSPS) is 22.2. The van der Waals surface area contributed by atoms with Crippen LogP contribution in [0.4, 0.5) is 0 Å². The van der Waals surface area contributed by atoms with Gasteiger partial charge in [0.15, 0.2) is 9.84 Å². The van der Waals surface area contributed by atoms with Gasteiger partial charge >= 0.3 is 5.97 Å². The van der Waals surface area contributed by atoms with Crippen molar-refractivity contribution in [1.29, 1.82) is 0 Å². The molecule has 1 atom stereocenters. The Morgan fingerprint density at radius 3 is 2.59 bits per heavy atom. The molecule has 92 valence electrons. The zero-order valence-electron chi connectivity index (χ0n) is 9.33. The fraction of sp³-hybridized carbons (Fsp3) is 0.417. The Hall–Kier alpha value is -1.36. The molecular formula is C12H14O4S. The molecule has 0 N–H and O–H groups in total. The minimum absolute atomic E-state index is 0.0868. The standard InChI is InChI=1S/C12H14O4S/c13-12(16-11-4-2-1-3-5-11)8-10-6-7-17(14,15)9-10/h1-5,10H,6-9H2/t10-/m1/s1. The van der Waals surface area contributed by atoms with Crippen molar-refractivity contribution in [2.45, 2.75) is 12.8 Å². The number of para-hydroxylation sites is 1. The van der Waals surface area contributed by atoms with E-state index in [0.717, 1.165) is 0 Å². The maximum absolute atomic E-state index is 11.6. The van der Waals surface area contributed by atoms with Gasteiger partial charge in [-0.05, 0) is 24.5 Å². The summed E-state index contributed by atoms with van der Waals surface area (Å²) in [6.07, 6.45) is 0.736. The minimum atomic E-state index is -2.92. The summed E-state index contributed by atoms with van der Waals surface area (Å²) in [6.45, 7) is 0. The maximum Gasteiger partial charge on any atom is 0.311 e. The highest BCUT2D eigenvalue weighted by molar-refractivity contribution is 7.91. The maximum atomic E-state index is 11.6. The van der Waals surface area contributed by atoms with E-state index in [0.29, 0.717) is 12.2 Å². The molecule has 1 aliphatic heterocycles. The smallest absolute Gasteiger partial charge is 0.311 e. The molecule has 1 aliphatic rings. The van der Waals surface area contributed by atoms with Gasteiger partial charge < -0.3 is 4.74 Å². The fourth-order valence-electron chi connectivity index (χ4n) is 1.93. The first-order chi connectivity index (χ1) is 8.05. The van der Waals surface area contributed by atoms with E-state index >= 15 is 0 Å². The summed E-state index contributed by atoms with van der Waals surface area (Å²) in [5.74, 6) is 0.348. The van der Waals surface area contributed by atoms with E-state index < -0.39 is 9.84 Å². The van der Waals surface area contributed by atoms with Gasteiger partial charge in [0, 0.05) is 6.42 Å². The molecule has 1 aromatic rings. The van der Waals surface area contributed by atoms with Crippen molar-refractivity contribution >= 4 is 15.8 Å². The number of sulfone groups is 1. The van der Waals surface area contributed by atoms with Crippen LogP contribution in [0.1, 0.15) is 12.8 Å². The molecular weight excluding hydrogens is 240 g/mol. The van der Waals surface area contributed by atoms with Crippen molar-refractivity contribution in [3.05, 3.63) is 30.3 Å². The van der Waals surface area contributed by atoms with Gasteiger partial charge in [-0.25, -0.2) is 8.42 Å². The number of carbonyl (C=O) groups excluding carboxylic acids is 1. The topological polar surface area (TPSA) is 60.4 Å².